The summed E-state index contributed by atoms with van der Waals surface area (Å²) in [4.78, 5) is 29.0. The number of Topliss-reactive ketones (excluding diaryl/α,β-unsaturated/α-hetero) is 1. The number of carbonyl (C=O) groups excluding carboxylic acids is 1. The summed E-state index contributed by atoms with van der Waals surface area (Å²) >= 11 is 0. The van der Waals surface area contributed by atoms with E-state index in [0.717, 1.165) is 18.4 Å². The molecule has 0 spiro atoms. The van der Waals surface area contributed by atoms with Gasteiger partial charge in [0, 0.05) is 22.6 Å². The van der Waals surface area contributed by atoms with Crippen molar-refractivity contribution in [1.29, 1.82) is 0 Å². The Kier molecular flexibility index (Phi) is 8.79. The summed E-state index contributed by atoms with van der Waals surface area (Å²) in [6.45, 7) is 9.85. The summed E-state index contributed by atoms with van der Waals surface area (Å²) in [5, 5.41) is 13.0. The molecule has 0 radical (unpaired) electrons. The van der Waals surface area contributed by atoms with E-state index in [0.29, 0.717) is 16.9 Å². The molecule has 0 aliphatic carbocycles. The van der Waals surface area contributed by atoms with Crippen molar-refractivity contribution in [2.45, 2.75) is 40.0 Å². The molecule has 0 amide bonds. The highest BCUT2D eigenvalue weighted by atomic mass is 16.6. The second-order valence-electron chi connectivity index (χ2n) is 8.87. The van der Waals surface area contributed by atoms with Gasteiger partial charge < -0.3 is 15.7 Å². The van der Waals surface area contributed by atoms with Crippen molar-refractivity contribution in [2.75, 3.05) is 0 Å². The number of hydrogen-bond acceptors (Lipinski definition) is 4. The van der Waals surface area contributed by atoms with Crippen LogP contribution in [-0.4, -0.2) is 22.7 Å². The van der Waals surface area contributed by atoms with Gasteiger partial charge >= 0.3 is 5.97 Å². The van der Waals surface area contributed by atoms with Gasteiger partial charge in [-0.05, 0) is 47.7 Å². The number of aryl methyl sites for hydroxylation is 2. The Hall–Kier alpha value is -4.19. The van der Waals surface area contributed by atoms with E-state index in [-0.39, 0.29) is 18.0 Å². The average molecular weight is 485 g/mol. The summed E-state index contributed by atoms with van der Waals surface area (Å²) in [6, 6.07) is 21.0. The minimum absolute atomic E-state index is 0.0852. The van der Waals surface area contributed by atoms with Gasteiger partial charge in [0.2, 0.25) is 0 Å². The number of benzene rings is 3. The molecule has 3 aromatic carbocycles. The van der Waals surface area contributed by atoms with E-state index in [2.05, 4.69) is 49.8 Å². The zero-order valence-electron chi connectivity index (χ0n) is 21.0. The molecular weight excluding hydrogens is 452 g/mol. The van der Waals surface area contributed by atoms with Crippen molar-refractivity contribution in [3.05, 3.63) is 101 Å². The molecule has 0 aliphatic rings. The highest BCUT2D eigenvalue weighted by Crippen LogP contribution is 2.30. The molecule has 3 aromatic rings. The topological polar surface area (TPSA) is 102 Å². The van der Waals surface area contributed by atoms with Crippen LogP contribution >= 0.6 is 0 Å². The van der Waals surface area contributed by atoms with Crippen LogP contribution in [0.4, 0.5) is 0 Å². The Bertz CT molecular complexity index is 1310. The first-order chi connectivity index (χ1) is 17.2. The van der Waals surface area contributed by atoms with Crippen LogP contribution in [0.15, 0.2) is 78.5 Å². The van der Waals surface area contributed by atoms with Gasteiger partial charge in [0.15, 0.2) is 17.4 Å². The lowest BCUT2D eigenvalue weighted by Gasteiger charge is -2.14. The number of rotatable bonds is 11. The molecule has 186 valence electrons. The van der Waals surface area contributed by atoms with Gasteiger partial charge in [0.25, 0.3) is 0 Å². The van der Waals surface area contributed by atoms with E-state index in [9.17, 15) is 9.59 Å². The molecule has 0 heterocycles. The fraction of sp³-hybridized carbons (Fsp3) is 0.233. The average Bonchev–Trinajstić information content (AvgIpc) is 2.87. The van der Waals surface area contributed by atoms with Crippen molar-refractivity contribution < 1.29 is 19.5 Å². The standard InChI is InChI=1S/C30H32N2O4/c1-5-9-23-17-22(14-15-27(23)26-13-7-6-10-19(26)2)21(4)36-32-30(31)25-12-8-11-24(18-25)29(35)20(3)16-28(33)34/h6-8,10-15,17-18,20H,4-5,9,16H2,1-3H3,(H2,31,32)(H,33,34). The van der Waals surface area contributed by atoms with Crippen LogP contribution in [0.5, 0.6) is 0 Å². The van der Waals surface area contributed by atoms with Gasteiger partial charge in [-0.25, -0.2) is 0 Å². The van der Waals surface area contributed by atoms with E-state index >= 15 is 0 Å². The Morgan fingerprint density at radius 3 is 2.42 bits per heavy atom. The number of aliphatic carboxylic acids is 1. The zero-order valence-corrected chi connectivity index (χ0v) is 21.0. The predicted octanol–water partition coefficient (Wildman–Crippen LogP) is 6.22. The van der Waals surface area contributed by atoms with Crippen LogP contribution in [0, 0.1) is 12.8 Å². The number of ketones is 1. The molecule has 0 saturated carbocycles. The Morgan fingerprint density at radius 1 is 1.00 bits per heavy atom. The molecule has 6 heteroatoms. The van der Waals surface area contributed by atoms with Crippen molar-refractivity contribution in [2.24, 2.45) is 16.8 Å². The van der Waals surface area contributed by atoms with Gasteiger partial charge in [0.05, 0.1) is 6.42 Å². The maximum atomic E-state index is 12.6. The smallest absolute Gasteiger partial charge is 0.304 e. The third-order valence-electron chi connectivity index (χ3n) is 6.01. The molecule has 1 unspecified atom stereocenters. The van der Waals surface area contributed by atoms with Crippen molar-refractivity contribution in [3.8, 4) is 11.1 Å². The predicted molar refractivity (Wildman–Crippen MR) is 144 cm³/mol. The number of nitrogens with two attached hydrogens (primary N) is 1. The van der Waals surface area contributed by atoms with E-state index in [1.807, 2.05) is 18.2 Å². The summed E-state index contributed by atoms with van der Waals surface area (Å²) in [7, 11) is 0. The Morgan fingerprint density at radius 2 is 1.72 bits per heavy atom. The summed E-state index contributed by atoms with van der Waals surface area (Å²) in [5.41, 5.74) is 12.6. The normalized spacial score (nSPS) is 12.1. The highest BCUT2D eigenvalue weighted by molar-refractivity contribution is 6.03. The molecule has 0 fully saturated rings. The van der Waals surface area contributed by atoms with Crippen molar-refractivity contribution in [1.82, 2.24) is 0 Å². The second-order valence-corrected chi connectivity index (χ2v) is 8.87. The lowest BCUT2D eigenvalue weighted by atomic mass is 9.92. The first kappa shape index (κ1) is 26.4. The molecular formula is C30H32N2O4. The number of carbonyl (C=O) groups is 2. The van der Waals surface area contributed by atoms with Crippen LogP contribution in [0.25, 0.3) is 16.9 Å². The highest BCUT2D eigenvalue weighted by Gasteiger charge is 2.19. The number of nitrogens with zero attached hydrogens (tertiary/aromatic N) is 1. The monoisotopic (exact) mass is 484 g/mol. The van der Waals surface area contributed by atoms with Gasteiger partial charge in [-0.1, -0.05) is 86.6 Å². The van der Waals surface area contributed by atoms with Gasteiger partial charge in [0.1, 0.15) is 0 Å². The first-order valence-electron chi connectivity index (χ1n) is 12.0. The molecule has 3 rings (SSSR count). The van der Waals surface area contributed by atoms with Crippen LogP contribution in [-0.2, 0) is 16.1 Å². The molecule has 0 aromatic heterocycles. The number of hydrogen-bond donors (Lipinski definition) is 2. The van der Waals surface area contributed by atoms with Gasteiger partial charge in [-0.2, -0.15) is 0 Å². The lowest BCUT2D eigenvalue weighted by molar-refractivity contribution is -0.137. The molecule has 3 N–H and O–H groups in total. The number of amidine groups is 1. The molecule has 0 aliphatic heterocycles. The molecule has 6 nitrogen and oxygen atoms in total. The largest absolute Gasteiger partial charge is 0.481 e. The molecule has 36 heavy (non-hydrogen) atoms. The second kappa shape index (κ2) is 12.0. The third kappa shape index (κ3) is 6.48. The van der Waals surface area contributed by atoms with Crippen LogP contribution < -0.4 is 5.73 Å². The minimum Gasteiger partial charge on any atom is -0.481 e. The number of carboxylic acid groups (broad SMARTS) is 1. The Labute approximate surface area is 212 Å². The zero-order chi connectivity index (χ0) is 26.2. The summed E-state index contributed by atoms with van der Waals surface area (Å²) in [6.07, 6.45) is 1.68. The first-order valence-corrected chi connectivity index (χ1v) is 12.0. The van der Waals surface area contributed by atoms with Gasteiger partial charge in [-0.15, -0.1) is 0 Å². The van der Waals surface area contributed by atoms with E-state index in [1.165, 1.54) is 22.3 Å². The maximum absolute atomic E-state index is 12.6. The fourth-order valence-electron chi connectivity index (χ4n) is 4.06. The van der Waals surface area contributed by atoms with Crippen molar-refractivity contribution in [3.63, 3.8) is 0 Å². The van der Waals surface area contributed by atoms with E-state index < -0.39 is 11.9 Å². The lowest BCUT2D eigenvalue weighted by Crippen LogP contribution is -2.18. The molecule has 0 bridgehead atoms. The summed E-state index contributed by atoms with van der Waals surface area (Å²) < 4.78 is 0. The minimum atomic E-state index is -1.02. The SMILES string of the molecule is C=C(O/N=C(\N)c1cccc(C(=O)C(C)CC(=O)O)c1)c1ccc(-c2ccccc2C)c(CCC)c1. The quantitative estimate of drug-likeness (QED) is 0.111. The molecule has 1 atom stereocenters. The van der Waals surface area contributed by atoms with E-state index in [4.69, 9.17) is 15.7 Å². The van der Waals surface area contributed by atoms with Crippen LogP contribution in [0.2, 0.25) is 0 Å². The van der Waals surface area contributed by atoms with Crippen molar-refractivity contribution >= 4 is 23.3 Å². The van der Waals surface area contributed by atoms with Gasteiger partial charge in [-0.3, -0.25) is 9.59 Å². The molecule has 0 saturated heterocycles. The maximum Gasteiger partial charge on any atom is 0.304 e. The Balaban J connectivity index is 1.79. The van der Waals surface area contributed by atoms with Crippen LogP contribution in [0.1, 0.15) is 59.3 Å². The fourth-order valence-corrected chi connectivity index (χ4v) is 4.06. The number of oxime groups is 1. The van der Waals surface area contributed by atoms with E-state index in [1.54, 1.807) is 31.2 Å². The number of carboxylic acids is 1. The summed E-state index contributed by atoms with van der Waals surface area (Å²) in [5.74, 6) is -1.49. The third-order valence-corrected chi connectivity index (χ3v) is 6.01. The van der Waals surface area contributed by atoms with Crippen LogP contribution in [0.3, 0.4) is 0 Å².